The van der Waals surface area contributed by atoms with Crippen molar-refractivity contribution < 1.29 is 23.7 Å². The van der Waals surface area contributed by atoms with Gasteiger partial charge in [-0.3, -0.25) is 4.79 Å². The Morgan fingerprint density at radius 3 is 1.94 bits per heavy atom. The smallest absolute Gasteiger partial charge is 0.166 e. The first-order valence-electron chi connectivity index (χ1n) is 11.2. The number of carbonyl (C=O) groups excluding carboxylic acids is 1. The van der Waals surface area contributed by atoms with Crippen LogP contribution >= 0.6 is 0 Å². The highest BCUT2D eigenvalue weighted by Gasteiger charge is 2.42. The molecule has 0 aromatic heterocycles. The summed E-state index contributed by atoms with van der Waals surface area (Å²) in [6.07, 6.45) is 9.16. The number of epoxide rings is 2. The van der Waals surface area contributed by atoms with Crippen LogP contribution < -0.4 is 9.47 Å². The molecule has 31 heavy (non-hydrogen) atoms. The maximum atomic E-state index is 13.0. The summed E-state index contributed by atoms with van der Waals surface area (Å²) < 4.78 is 22.9. The third kappa shape index (κ3) is 3.88. The highest BCUT2D eigenvalue weighted by molar-refractivity contribution is 6.02. The topological polar surface area (TPSA) is 60.6 Å². The number of rotatable bonds is 6. The second-order valence-corrected chi connectivity index (χ2v) is 8.31. The minimum Gasteiger partial charge on any atom is -0.490 e. The predicted octanol–water partition coefficient (Wildman–Crippen LogP) is 4.20. The first-order chi connectivity index (χ1) is 15.2. The maximum Gasteiger partial charge on any atom is 0.166 e. The summed E-state index contributed by atoms with van der Waals surface area (Å²) in [5.74, 6) is 1.82. The van der Waals surface area contributed by atoms with E-state index >= 15 is 0 Å². The van der Waals surface area contributed by atoms with E-state index in [-0.39, 0.29) is 18.0 Å². The molecular weight excluding hydrogens is 392 g/mol. The molecule has 0 N–H and O–H groups in total. The van der Waals surface area contributed by atoms with Gasteiger partial charge < -0.3 is 18.9 Å². The van der Waals surface area contributed by atoms with Gasteiger partial charge in [0.1, 0.15) is 36.9 Å². The van der Waals surface area contributed by atoms with Crippen LogP contribution in [0.5, 0.6) is 11.5 Å². The Morgan fingerprint density at radius 1 is 0.903 bits per heavy atom. The second kappa shape index (κ2) is 8.13. The normalized spacial score (nSPS) is 27.1. The average Bonchev–Trinajstić information content (AvgIpc) is 3.71. The molecule has 0 bridgehead atoms. The fraction of sp³-hybridized carbons (Fsp3) is 0.423. The lowest BCUT2D eigenvalue weighted by molar-refractivity contribution is -0.121. The second-order valence-electron chi connectivity index (χ2n) is 8.31. The zero-order valence-electron chi connectivity index (χ0n) is 18.1. The van der Waals surface area contributed by atoms with Crippen molar-refractivity contribution in [1.29, 1.82) is 0 Å². The highest BCUT2D eigenvalue weighted by atomic mass is 16.6. The molecule has 2 aromatic rings. The lowest BCUT2D eigenvalue weighted by Gasteiger charge is -2.36. The van der Waals surface area contributed by atoms with Gasteiger partial charge in [-0.05, 0) is 41.8 Å². The van der Waals surface area contributed by atoms with Gasteiger partial charge in [-0.25, -0.2) is 0 Å². The summed E-state index contributed by atoms with van der Waals surface area (Å²) in [6, 6.07) is 8.23. The Bertz CT molecular complexity index is 998. The fourth-order valence-electron chi connectivity index (χ4n) is 4.46. The first-order valence-corrected chi connectivity index (χ1v) is 11.2. The van der Waals surface area contributed by atoms with E-state index in [2.05, 4.69) is 12.1 Å². The van der Waals surface area contributed by atoms with Gasteiger partial charge in [-0.1, -0.05) is 44.2 Å². The molecule has 0 saturated carbocycles. The molecule has 0 radical (unpaired) electrons. The van der Waals surface area contributed by atoms with Crippen molar-refractivity contribution >= 4 is 16.6 Å². The first kappa shape index (κ1) is 20.3. The third-order valence-electron chi connectivity index (χ3n) is 6.22. The maximum absolute atomic E-state index is 13.0. The molecule has 2 aliphatic carbocycles. The summed E-state index contributed by atoms with van der Waals surface area (Å²) in [5, 5.41) is 2.31. The van der Waals surface area contributed by atoms with Crippen LogP contribution in [0.1, 0.15) is 25.0 Å². The summed E-state index contributed by atoms with van der Waals surface area (Å²) >= 11 is 0. The van der Waals surface area contributed by atoms with E-state index in [1.165, 1.54) is 0 Å². The highest BCUT2D eigenvalue weighted by Crippen LogP contribution is 2.48. The zero-order valence-corrected chi connectivity index (χ0v) is 18.1. The van der Waals surface area contributed by atoms with Crippen LogP contribution in [-0.2, 0) is 27.1 Å². The van der Waals surface area contributed by atoms with Gasteiger partial charge in [0.05, 0.1) is 18.6 Å². The number of carbonyl (C=O) groups is 1. The Labute approximate surface area is 182 Å². The molecule has 2 aromatic carbocycles. The number of benzene rings is 2. The fourth-order valence-corrected chi connectivity index (χ4v) is 4.46. The van der Waals surface area contributed by atoms with Gasteiger partial charge in [0.15, 0.2) is 5.78 Å². The SMILES string of the molecule is CC.O=C1C=CC=CC12Cc1c(OCC3CO3)ccc3ccc(OCC4CO4)c(c13)C2. The lowest BCUT2D eigenvalue weighted by atomic mass is 9.66. The van der Waals surface area contributed by atoms with Crippen LogP contribution in [0.15, 0.2) is 48.6 Å². The standard InChI is InChI=1S/C24H22O5.C2H6/c25-22-3-1-2-8-24(22)9-18-20(28-13-16-11-26-16)6-4-15-5-7-21(19(10-24)23(15)18)29-14-17-12-27-17;1-2/h1-8,16-17H,9-14H2;1-2H3. The van der Waals surface area contributed by atoms with Crippen LogP contribution in [0.3, 0.4) is 0 Å². The Kier molecular flexibility index (Phi) is 5.32. The van der Waals surface area contributed by atoms with Gasteiger partial charge in [-0.15, -0.1) is 0 Å². The Morgan fingerprint density at radius 2 is 1.45 bits per heavy atom. The van der Waals surface area contributed by atoms with Gasteiger partial charge in [-0.2, -0.15) is 0 Å². The number of ketones is 1. The van der Waals surface area contributed by atoms with Crippen molar-refractivity contribution in [3.63, 3.8) is 0 Å². The summed E-state index contributed by atoms with van der Waals surface area (Å²) in [6.45, 7) is 6.59. The minimum absolute atomic E-state index is 0.138. The van der Waals surface area contributed by atoms with Crippen molar-refractivity contribution in [2.75, 3.05) is 26.4 Å². The third-order valence-corrected chi connectivity index (χ3v) is 6.22. The van der Waals surface area contributed by atoms with Crippen molar-refractivity contribution in [1.82, 2.24) is 0 Å². The Hall–Kier alpha value is -2.63. The van der Waals surface area contributed by atoms with E-state index in [0.717, 1.165) is 46.6 Å². The van der Waals surface area contributed by atoms with Crippen LogP contribution in [0, 0.1) is 5.41 Å². The number of ether oxygens (including phenoxy) is 4. The molecule has 5 heteroatoms. The van der Waals surface area contributed by atoms with Gasteiger partial charge in [0.2, 0.25) is 0 Å². The molecule has 4 aliphatic rings. The summed E-state index contributed by atoms with van der Waals surface area (Å²) in [5.41, 5.74) is 1.59. The van der Waals surface area contributed by atoms with Gasteiger partial charge >= 0.3 is 0 Å². The molecule has 162 valence electrons. The molecular formula is C26H28O5. The van der Waals surface area contributed by atoms with Crippen LogP contribution in [-0.4, -0.2) is 44.4 Å². The molecule has 6 rings (SSSR count). The zero-order chi connectivity index (χ0) is 21.4. The van der Waals surface area contributed by atoms with Crippen LogP contribution in [0.2, 0.25) is 0 Å². The molecule has 2 atom stereocenters. The monoisotopic (exact) mass is 420 g/mol. The quantitative estimate of drug-likeness (QED) is 0.656. The van der Waals surface area contributed by atoms with Crippen molar-refractivity contribution in [2.24, 2.45) is 5.41 Å². The molecule has 2 saturated heterocycles. The lowest BCUT2D eigenvalue weighted by Crippen LogP contribution is -2.36. The Balaban J connectivity index is 0.000000994. The molecule has 1 spiro atoms. The van der Waals surface area contributed by atoms with Crippen molar-refractivity contribution in [3.05, 3.63) is 59.7 Å². The van der Waals surface area contributed by atoms with E-state index in [4.69, 9.17) is 18.9 Å². The number of hydrogen-bond acceptors (Lipinski definition) is 5. The van der Waals surface area contributed by atoms with Gasteiger partial charge in [0.25, 0.3) is 0 Å². The minimum atomic E-state index is -0.584. The van der Waals surface area contributed by atoms with E-state index < -0.39 is 5.41 Å². The van der Waals surface area contributed by atoms with E-state index in [0.29, 0.717) is 26.1 Å². The van der Waals surface area contributed by atoms with E-state index in [1.807, 2.05) is 44.2 Å². The molecule has 2 heterocycles. The van der Waals surface area contributed by atoms with Crippen LogP contribution in [0.4, 0.5) is 0 Å². The molecule has 2 unspecified atom stereocenters. The van der Waals surface area contributed by atoms with Crippen molar-refractivity contribution in [2.45, 2.75) is 38.9 Å². The number of allylic oxidation sites excluding steroid dienone is 4. The summed E-state index contributed by atoms with van der Waals surface area (Å²) in [7, 11) is 0. The van der Waals surface area contributed by atoms with Gasteiger partial charge in [0, 0.05) is 11.1 Å². The predicted molar refractivity (Wildman–Crippen MR) is 119 cm³/mol. The average molecular weight is 421 g/mol. The summed E-state index contributed by atoms with van der Waals surface area (Å²) in [4.78, 5) is 13.0. The largest absolute Gasteiger partial charge is 0.490 e. The van der Waals surface area contributed by atoms with Crippen LogP contribution in [0.25, 0.3) is 10.8 Å². The van der Waals surface area contributed by atoms with E-state index in [1.54, 1.807) is 6.08 Å². The van der Waals surface area contributed by atoms with E-state index in [9.17, 15) is 4.79 Å². The molecule has 0 amide bonds. The molecule has 2 aliphatic heterocycles. The number of hydrogen-bond donors (Lipinski definition) is 0. The molecule has 2 fully saturated rings. The van der Waals surface area contributed by atoms with Crippen molar-refractivity contribution in [3.8, 4) is 11.5 Å². The molecule has 5 nitrogen and oxygen atoms in total.